The van der Waals surface area contributed by atoms with Crippen LogP contribution in [0.4, 0.5) is 0 Å². The minimum Gasteiger partial charge on any atom is -0.140 e. The van der Waals surface area contributed by atoms with E-state index in [1.165, 1.54) is 38.3 Å². The molecule has 0 aliphatic heterocycles. The molecule has 0 fully saturated rings. The van der Waals surface area contributed by atoms with Crippen LogP contribution in [0.2, 0.25) is 0 Å². The van der Waals surface area contributed by atoms with Crippen molar-refractivity contribution in [1.29, 1.82) is 0 Å². The molecule has 3 heteroatoms. The SMILES string of the molecule is CCCCC(CC)CP(=S)(S)C(C)(C)CC(C)(C)C. The molecule has 2 atom stereocenters. The van der Waals surface area contributed by atoms with Crippen LogP contribution in [0.5, 0.6) is 0 Å². The van der Waals surface area contributed by atoms with Crippen LogP contribution in [0.1, 0.15) is 80.6 Å². The lowest BCUT2D eigenvalue weighted by Gasteiger charge is -2.41. The molecule has 0 bridgehead atoms. The van der Waals surface area contributed by atoms with E-state index in [-0.39, 0.29) is 5.16 Å². The monoisotopic (exact) mass is 322 g/mol. The van der Waals surface area contributed by atoms with Gasteiger partial charge < -0.3 is 0 Å². The molecule has 0 rings (SSSR count). The summed E-state index contributed by atoms with van der Waals surface area (Å²) in [5.74, 6) is 0.780. The van der Waals surface area contributed by atoms with E-state index < -0.39 is 5.24 Å². The van der Waals surface area contributed by atoms with E-state index in [0.717, 1.165) is 5.92 Å². The molecule has 0 aromatic rings. The van der Waals surface area contributed by atoms with Crippen molar-refractivity contribution in [3.63, 3.8) is 0 Å². The van der Waals surface area contributed by atoms with Gasteiger partial charge in [0.2, 0.25) is 0 Å². The summed E-state index contributed by atoms with van der Waals surface area (Å²) in [5.41, 5.74) is 0.335. The molecule has 0 N–H and O–H groups in total. The van der Waals surface area contributed by atoms with Gasteiger partial charge in [0, 0.05) is 10.4 Å². The van der Waals surface area contributed by atoms with Gasteiger partial charge >= 0.3 is 0 Å². The van der Waals surface area contributed by atoms with Crippen molar-refractivity contribution < 1.29 is 0 Å². The maximum Gasteiger partial charge on any atom is 0.00905 e. The summed E-state index contributed by atoms with van der Waals surface area (Å²) in [5, 5.41) is -1.38. The van der Waals surface area contributed by atoms with Crippen LogP contribution >= 0.6 is 17.5 Å². The van der Waals surface area contributed by atoms with Crippen LogP contribution in [-0.4, -0.2) is 11.3 Å². The molecule has 0 aliphatic carbocycles. The Morgan fingerprint density at radius 1 is 1.11 bits per heavy atom. The van der Waals surface area contributed by atoms with Crippen LogP contribution in [0, 0.1) is 11.3 Å². The first-order valence-electron chi connectivity index (χ1n) is 7.77. The lowest BCUT2D eigenvalue weighted by atomic mass is 9.86. The fourth-order valence-electron chi connectivity index (χ4n) is 2.94. The highest BCUT2D eigenvalue weighted by Crippen LogP contribution is 2.66. The Morgan fingerprint density at radius 2 is 1.63 bits per heavy atom. The first-order chi connectivity index (χ1) is 8.45. The molecule has 0 aromatic heterocycles. The molecule has 19 heavy (non-hydrogen) atoms. The molecular weight excluding hydrogens is 287 g/mol. The summed E-state index contributed by atoms with van der Waals surface area (Å²) in [7, 11) is 0. The van der Waals surface area contributed by atoms with Crippen LogP contribution in [-0.2, 0) is 11.8 Å². The second-order valence-electron chi connectivity index (χ2n) is 7.85. The maximum atomic E-state index is 6.02. The summed E-state index contributed by atoms with van der Waals surface area (Å²) >= 11 is 11.0. The smallest absolute Gasteiger partial charge is 0.00905 e. The highest BCUT2D eigenvalue weighted by atomic mass is 32.9. The number of thiol groups is 1. The quantitative estimate of drug-likeness (QED) is 0.381. The van der Waals surface area contributed by atoms with Gasteiger partial charge in [-0.25, -0.2) is 0 Å². The van der Waals surface area contributed by atoms with E-state index >= 15 is 0 Å². The van der Waals surface area contributed by atoms with Crippen molar-refractivity contribution in [2.75, 3.05) is 6.16 Å². The average molecular weight is 323 g/mol. The Balaban J connectivity index is 4.79. The van der Waals surface area contributed by atoms with Gasteiger partial charge in [-0.2, -0.15) is 0 Å². The zero-order valence-electron chi connectivity index (χ0n) is 14.1. The molecule has 116 valence electrons. The van der Waals surface area contributed by atoms with Gasteiger partial charge in [0.25, 0.3) is 0 Å². The fourth-order valence-corrected chi connectivity index (χ4v) is 7.02. The Morgan fingerprint density at radius 3 is 2.00 bits per heavy atom. The van der Waals surface area contributed by atoms with Crippen molar-refractivity contribution >= 4 is 29.3 Å². The molecule has 0 aromatic carbocycles. The van der Waals surface area contributed by atoms with Gasteiger partial charge in [0.05, 0.1) is 0 Å². The van der Waals surface area contributed by atoms with Crippen LogP contribution in [0.3, 0.4) is 0 Å². The Hall–Kier alpha value is 1.00. The zero-order chi connectivity index (χ0) is 15.3. The molecule has 0 spiro atoms. The van der Waals surface area contributed by atoms with Crippen LogP contribution in [0.25, 0.3) is 0 Å². The molecule has 0 saturated heterocycles. The second-order valence-corrected chi connectivity index (χ2v) is 15.6. The normalized spacial score (nSPS) is 18.1. The predicted molar refractivity (Wildman–Crippen MR) is 99.6 cm³/mol. The van der Waals surface area contributed by atoms with Gasteiger partial charge in [-0.3, -0.25) is 0 Å². The summed E-state index contributed by atoms with van der Waals surface area (Å²) in [6.45, 7) is 16.2. The van der Waals surface area contributed by atoms with Gasteiger partial charge in [0.1, 0.15) is 0 Å². The van der Waals surface area contributed by atoms with E-state index in [9.17, 15) is 0 Å². The van der Waals surface area contributed by atoms with E-state index in [2.05, 4.69) is 48.5 Å². The zero-order valence-corrected chi connectivity index (χ0v) is 16.7. The van der Waals surface area contributed by atoms with Crippen molar-refractivity contribution in [3.8, 4) is 0 Å². The number of rotatable bonds is 8. The van der Waals surface area contributed by atoms with Gasteiger partial charge in [-0.05, 0) is 23.9 Å². The van der Waals surface area contributed by atoms with Crippen molar-refractivity contribution in [2.45, 2.75) is 85.7 Å². The van der Waals surface area contributed by atoms with Gasteiger partial charge in [-0.15, -0.1) is 12.2 Å². The summed E-state index contributed by atoms with van der Waals surface area (Å²) in [6, 6.07) is 0. The van der Waals surface area contributed by atoms with Crippen molar-refractivity contribution in [3.05, 3.63) is 0 Å². The van der Waals surface area contributed by atoms with E-state index in [1.807, 2.05) is 0 Å². The van der Waals surface area contributed by atoms with Crippen LogP contribution < -0.4 is 0 Å². The Bertz CT molecular complexity index is 302. The molecule has 0 radical (unpaired) electrons. The average Bonchev–Trinajstić information content (AvgIpc) is 2.20. The van der Waals surface area contributed by atoms with E-state index in [4.69, 9.17) is 24.1 Å². The molecule has 2 unspecified atom stereocenters. The van der Waals surface area contributed by atoms with Gasteiger partial charge in [-0.1, -0.05) is 86.0 Å². The third-order valence-electron chi connectivity index (χ3n) is 3.96. The number of hydrogen-bond acceptors (Lipinski definition) is 1. The molecular formula is C16H35PS2. The standard InChI is InChI=1S/C16H35PS2/c1-8-10-11-14(9-2)12-17(18,19)16(6,7)13-15(3,4)5/h14H,8-13H2,1-7H3,(H,18,19). The first kappa shape index (κ1) is 20.0. The Kier molecular flexibility index (Phi) is 8.27. The Labute approximate surface area is 132 Å². The predicted octanol–water partition coefficient (Wildman–Crippen LogP) is 6.74. The third kappa shape index (κ3) is 7.53. The highest BCUT2D eigenvalue weighted by molar-refractivity contribution is 8.63. The van der Waals surface area contributed by atoms with Crippen molar-refractivity contribution in [2.24, 2.45) is 11.3 Å². The third-order valence-corrected chi connectivity index (χ3v) is 11.1. The lowest BCUT2D eigenvalue weighted by Crippen LogP contribution is -2.27. The highest BCUT2D eigenvalue weighted by Gasteiger charge is 2.37. The second kappa shape index (κ2) is 7.85. The first-order valence-corrected chi connectivity index (χ1v) is 11.9. The summed E-state index contributed by atoms with van der Waals surface area (Å²) < 4.78 is 0. The largest absolute Gasteiger partial charge is 0.140 e. The fraction of sp³-hybridized carbons (Fsp3) is 1.00. The molecule has 0 saturated carbocycles. The molecule has 0 heterocycles. The number of unbranched alkanes of at least 4 members (excludes halogenated alkanes) is 1. The van der Waals surface area contributed by atoms with Gasteiger partial charge in [0.15, 0.2) is 0 Å². The van der Waals surface area contributed by atoms with E-state index in [1.54, 1.807) is 0 Å². The molecule has 0 nitrogen and oxygen atoms in total. The maximum absolute atomic E-state index is 6.02. The van der Waals surface area contributed by atoms with Crippen molar-refractivity contribution in [1.82, 2.24) is 0 Å². The molecule has 0 aliphatic rings. The molecule has 0 amide bonds. The van der Waals surface area contributed by atoms with E-state index in [0.29, 0.717) is 5.41 Å². The summed E-state index contributed by atoms with van der Waals surface area (Å²) in [4.78, 5) is 0. The van der Waals surface area contributed by atoms with Crippen LogP contribution in [0.15, 0.2) is 0 Å². The minimum atomic E-state index is -1.58. The summed E-state index contributed by atoms with van der Waals surface area (Å²) in [6.07, 6.45) is 7.55. The topological polar surface area (TPSA) is 0 Å². The minimum absolute atomic E-state index is 0.198. The lowest BCUT2D eigenvalue weighted by molar-refractivity contribution is 0.336. The number of hydrogen-bond donors (Lipinski definition) is 1.